The molecule has 2 amide bonds. The van der Waals surface area contributed by atoms with Gasteiger partial charge in [-0.25, -0.2) is 0 Å². The van der Waals surface area contributed by atoms with Crippen molar-refractivity contribution < 1.29 is 14.3 Å². The number of hydrogen-bond donors (Lipinski definition) is 2. The number of hydrogen-bond acceptors (Lipinski definition) is 6. The molecule has 0 bridgehead atoms. The van der Waals surface area contributed by atoms with Gasteiger partial charge in [-0.2, -0.15) is 0 Å². The van der Waals surface area contributed by atoms with Crippen LogP contribution in [-0.2, 0) is 11.8 Å². The SMILES string of the molecule is COc1ccc(C)cc1NC(=O)c1ccc(NC(=O)CSc2nncn2C)cc1. The quantitative estimate of drug-likeness (QED) is 0.580. The third-order valence-electron chi connectivity index (χ3n) is 4.04. The third kappa shape index (κ3) is 5.35. The number of aryl methyl sites for hydroxylation is 2. The molecule has 29 heavy (non-hydrogen) atoms. The number of amides is 2. The van der Waals surface area contributed by atoms with E-state index < -0.39 is 0 Å². The average Bonchev–Trinajstić information content (AvgIpc) is 3.12. The van der Waals surface area contributed by atoms with Gasteiger partial charge in [0.15, 0.2) is 5.16 Å². The number of carbonyl (C=O) groups excluding carboxylic acids is 2. The smallest absolute Gasteiger partial charge is 0.255 e. The van der Waals surface area contributed by atoms with Crippen LogP contribution in [0.2, 0.25) is 0 Å². The molecule has 8 nitrogen and oxygen atoms in total. The van der Waals surface area contributed by atoms with Gasteiger partial charge in [-0.15, -0.1) is 10.2 Å². The number of nitrogens with one attached hydrogen (secondary N) is 2. The molecular formula is C20H21N5O3S. The fraction of sp³-hybridized carbons (Fsp3) is 0.200. The van der Waals surface area contributed by atoms with Crippen LogP contribution in [0.3, 0.4) is 0 Å². The Hall–Kier alpha value is -3.33. The van der Waals surface area contributed by atoms with Crippen molar-refractivity contribution in [2.75, 3.05) is 23.5 Å². The van der Waals surface area contributed by atoms with Crippen LogP contribution >= 0.6 is 11.8 Å². The van der Waals surface area contributed by atoms with Crippen LogP contribution in [0.5, 0.6) is 5.75 Å². The van der Waals surface area contributed by atoms with E-state index in [0.717, 1.165) is 5.56 Å². The Morgan fingerprint density at radius 2 is 1.90 bits per heavy atom. The monoisotopic (exact) mass is 411 g/mol. The summed E-state index contributed by atoms with van der Waals surface area (Å²) in [6.45, 7) is 1.94. The fourth-order valence-corrected chi connectivity index (χ4v) is 3.24. The fourth-order valence-electron chi connectivity index (χ4n) is 2.55. The van der Waals surface area contributed by atoms with Gasteiger partial charge in [-0.1, -0.05) is 17.8 Å². The summed E-state index contributed by atoms with van der Waals surface area (Å²) in [7, 11) is 3.37. The molecule has 1 aromatic heterocycles. The van der Waals surface area contributed by atoms with E-state index in [1.807, 2.05) is 32.2 Å². The maximum atomic E-state index is 12.5. The third-order valence-corrected chi connectivity index (χ3v) is 5.07. The zero-order valence-electron chi connectivity index (χ0n) is 16.3. The highest BCUT2D eigenvalue weighted by Gasteiger charge is 2.11. The van der Waals surface area contributed by atoms with E-state index in [1.54, 1.807) is 42.3 Å². The zero-order chi connectivity index (χ0) is 20.8. The molecule has 2 aromatic carbocycles. The van der Waals surface area contributed by atoms with Crippen LogP contribution in [0.25, 0.3) is 0 Å². The van der Waals surface area contributed by atoms with Gasteiger partial charge in [0, 0.05) is 18.3 Å². The summed E-state index contributed by atoms with van der Waals surface area (Å²) in [5.74, 6) is 0.375. The largest absolute Gasteiger partial charge is 0.495 e. The average molecular weight is 411 g/mol. The van der Waals surface area contributed by atoms with E-state index in [9.17, 15) is 9.59 Å². The lowest BCUT2D eigenvalue weighted by molar-refractivity contribution is -0.113. The Morgan fingerprint density at radius 3 is 2.55 bits per heavy atom. The van der Waals surface area contributed by atoms with Crippen molar-refractivity contribution in [1.82, 2.24) is 14.8 Å². The normalized spacial score (nSPS) is 10.4. The number of ether oxygens (including phenoxy) is 1. The van der Waals surface area contributed by atoms with Crippen LogP contribution in [0.4, 0.5) is 11.4 Å². The van der Waals surface area contributed by atoms with Crippen LogP contribution < -0.4 is 15.4 Å². The summed E-state index contributed by atoms with van der Waals surface area (Å²) in [5, 5.41) is 14.0. The molecule has 0 aliphatic rings. The molecule has 3 aromatic rings. The van der Waals surface area contributed by atoms with Crippen molar-refractivity contribution in [2.24, 2.45) is 7.05 Å². The summed E-state index contributed by atoms with van der Waals surface area (Å²) >= 11 is 1.30. The number of methoxy groups -OCH3 is 1. The molecule has 3 rings (SSSR count). The lowest BCUT2D eigenvalue weighted by Gasteiger charge is -2.11. The molecule has 0 unspecified atom stereocenters. The van der Waals surface area contributed by atoms with Gasteiger partial charge in [0.05, 0.1) is 18.6 Å². The van der Waals surface area contributed by atoms with Crippen LogP contribution in [0.1, 0.15) is 15.9 Å². The maximum Gasteiger partial charge on any atom is 0.255 e. The van der Waals surface area contributed by atoms with Crippen LogP contribution in [-0.4, -0.2) is 39.4 Å². The maximum absolute atomic E-state index is 12.5. The molecule has 0 aliphatic carbocycles. The number of anilines is 2. The lowest BCUT2D eigenvalue weighted by atomic mass is 10.1. The predicted molar refractivity (Wildman–Crippen MR) is 112 cm³/mol. The van der Waals surface area contributed by atoms with E-state index in [4.69, 9.17) is 4.74 Å². The van der Waals surface area contributed by atoms with Crippen molar-refractivity contribution >= 4 is 35.0 Å². The minimum Gasteiger partial charge on any atom is -0.495 e. The van der Waals surface area contributed by atoms with E-state index in [1.165, 1.54) is 11.8 Å². The van der Waals surface area contributed by atoms with Crippen LogP contribution in [0, 0.1) is 6.92 Å². The van der Waals surface area contributed by atoms with Gasteiger partial charge in [-0.3, -0.25) is 9.59 Å². The van der Waals surface area contributed by atoms with Gasteiger partial charge in [0.2, 0.25) is 5.91 Å². The molecule has 0 radical (unpaired) electrons. The molecule has 0 fully saturated rings. The van der Waals surface area contributed by atoms with Crippen molar-refractivity contribution in [3.8, 4) is 5.75 Å². The Morgan fingerprint density at radius 1 is 1.14 bits per heavy atom. The second-order valence-corrected chi connectivity index (χ2v) is 7.24. The Kier molecular flexibility index (Phi) is 6.50. The van der Waals surface area contributed by atoms with E-state index >= 15 is 0 Å². The number of nitrogens with zero attached hydrogens (tertiary/aromatic N) is 3. The second kappa shape index (κ2) is 9.24. The summed E-state index contributed by atoms with van der Waals surface area (Å²) in [6, 6.07) is 12.3. The van der Waals surface area contributed by atoms with E-state index in [2.05, 4.69) is 20.8 Å². The summed E-state index contributed by atoms with van der Waals surface area (Å²) < 4.78 is 7.03. The second-order valence-electron chi connectivity index (χ2n) is 6.30. The number of benzene rings is 2. The first kappa shape index (κ1) is 20.4. The number of rotatable bonds is 7. The predicted octanol–water partition coefficient (Wildman–Crippen LogP) is 3.12. The highest BCUT2D eigenvalue weighted by Crippen LogP contribution is 2.26. The van der Waals surface area contributed by atoms with Crippen molar-refractivity contribution in [2.45, 2.75) is 12.1 Å². The van der Waals surface area contributed by atoms with Gasteiger partial charge in [0.1, 0.15) is 12.1 Å². The zero-order valence-corrected chi connectivity index (χ0v) is 17.1. The first-order valence-corrected chi connectivity index (χ1v) is 9.77. The molecule has 2 N–H and O–H groups in total. The highest BCUT2D eigenvalue weighted by molar-refractivity contribution is 7.99. The minimum absolute atomic E-state index is 0.167. The Labute approximate surface area is 172 Å². The van der Waals surface area contributed by atoms with Crippen molar-refractivity contribution in [1.29, 1.82) is 0 Å². The van der Waals surface area contributed by atoms with Gasteiger partial charge in [-0.05, 0) is 48.9 Å². The standard InChI is InChI=1S/C20H21N5O3S/c1-13-4-9-17(28-3)16(10-13)23-19(27)14-5-7-15(8-6-14)22-18(26)11-29-20-24-21-12-25(20)2/h4-10,12H,11H2,1-3H3,(H,22,26)(H,23,27). The molecule has 0 atom stereocenters. The van der Waals surface area contributed by atoms with Crippen molar-refractivity contribution in [3.05, 3.63) is 59.9 Å². The number of thioether (sulfide) groups is 1. The molecule has 0 spiro atoms. The minimum atomic E-state index is -0.260. The summed E-state index contributed by atoms with van der Waals surface area (Å²) in [6.07, 6.45) is 1.58. The molecule has 0 aliphatic heterocycles. The summed E-state index contributed by atoms with van der Waals surface area (Å²) in [4.78, 5) is 24.6. The molecule has 0 saturated carbocycles. The highest BCUT2D eigenvalue weighted by atomic mass is 32.2. The van der Waals surface area contributed by atoms with Gasteiger partial charge >= 0.3 is 0 Å². The van der Waals surface area contributed by atoms with Gasteiger partial charge in [0.25, 0.3) is 5.91 Å². The Bertz CT molecular complexity index is 1020. The number of aromatic nitrogens is 3. The first-order valence-electron chi connectivity index (χ1n) is 8.79. The number of carbonyl (C=O) groups is 2. The molecule has 1 heterocycles. The molecular weight excluding hydrogens is 390 g/mol. The Balaban J connectivity index is 1.58. The first-order chi connectivity index (χ1) is 14.0. The molecule has 150 valence electrons. The van der Waals surface area contributed by atoms with Crippen LogP contribution in [0.15, 0.2) is 53.9 Å². The lowest BCUT2D eigenvalue weighted by Crippen LogP contribution is -2.15. The van der Waals surface area contributed by atoms with Gasteiger partial charge < -0.3 is 19.9 Å². The van der Waals surface area contributed by atoms with E-state index in [-0.39, 0.29) is 17.6 Å². The van der Waals surface area contributed by atoms with Crippen molar-refractivity contribution in [3.63, 3.8) is 0 Å². The molecule has 0 saturated heterocycles. The molecule has 9 heteroatoms. The summed E-state index contributed by atoms with van der Waals surface area (Å²) in [5.41, 5.74) is 2.70. The van der Waals surface area contributed by atoms with E-state index in [0.29, 0.717) is 27.8 Å². The topological polar surface area (TPSA) is 98.1 Å².